The van der Waals surface area contributed by atoms with Crippen LogP contribution < -0.4 is 0 Å². The molecule has 3 rings (SSSR count). The molecule has 0 aromatic heterocycles. The van der Waals surface area contributed by atoms with Gasteiger partial charge >= 0.3 is 0 Å². The largest absolute Gasteiger partial charge is 0.273 e. The van der Waals surface area contributed by atoms with E-state index in [2.05, 4.69) is 15.0 Å². The number of para-hydroxylation sites is 1. The monoisotopic (exact) mass is 298 g/mol. The Labute approximate surface area is 118 Å². The normalized spacial score (nSPS) is 11.1. The molecule has 0 saturated heterocycles. The average molecular weight is 300 g/mol. The molecule has 0 bridgehead atoms. The lowest BCUT2D eigenvalue weighted by molar-refractivity contribution is 0.972. The molecule has 0 N–H and O–H groups in total. The van der Waals surface area contributed by atoms with Crippen LogP contribution >= 0.6 is 34.8 Å². The fourth-order valence-corrected chi connectivity index (χ4v) is 2.42. The molecule has 0 amide bonds. The van der Waals surface area contributed by atoms with Crippen molar-refractivity contribution in [3.8, 4) is 17.2 Å². The topological polar surface area (TPSA) is 43.6 Å². The molecule has 90 valence electrons. The van der Waals surface area contributed by atoms with E-state index in [0.717, 1.165) is 5.69 Å². The van der Waals surface area contributed by atoms with Crippen molar-refractivity contribution >= 4 is 34.8 Å². The van der Waals surface area contributed by atoms with Crippen LogP contribution in [0.15, 0.2) is 30.3 Å². The van der Waals surface area contributed by atoms with Gasteiger partial charge in [-0.3, -0.25) is 4.57 Å². The van der Waals surface area contributed by atoms with Crippen LogP contribution in [0.1, 0.15) is 0 Å². The van der Waals surface area contributed by atoms with Crippen LogP contribution in [0.4, 0.5) is 0 Å². The number of aromatic nitrogens is 4. The summed E-state index contributed by atoms with van der Waals surface area (Å²) < 4.78 is 1.58. The van der Waals surface area contributed by atoms with Crippen molar-refractivity contribution in [3.63, 3.8) is 0 Å². The second kappa shape index (κ2) is 4.39. The van der Waals surface area contributed by atoms with Gasteiger partial charge in [0.05, 0.1) is 0 Å². The Balaban J connectivity index is 2.33. The predicted octanol–water partition coefficient (Wildman–Crippen LogP) is 3.73. The highest BCUT2D eigenvalue weighted by Crippen LogP contribution is 2.32. The van der Waals surface area contributed by atoms with Crippen LogP contribution in [0.2, 0.25) is 15.7 Å². The minimum absolute atomic E-state index is 0.0984. The van der Waals surface area contributed by atoms with Gasteiger partial charge in [0.1, 0.15) is 10.8 Å². The second-order valence-corrected chi connectivity index (χ2v) is 4.54. The Hall–Kier alpha value is -1.36. The van der Waals surface area contributed by atoms with Gasteiger partial charge in [-0.1, -0.05) is 29.8 Å². The summed E-state index contributed by atoms with van der Waals surface area (Å²) in [5, 5.41) is 0.632. The summed E-state index contributed by atoms with van der Waals surface area (Å²) in [6, 6.07) is 9.38. The van der Waals surface area contributed by atoms with Crippen molar-refractivity contribution < 1.29 is 0 Å². The molecule has 1 aromatic carbocycles. The van der Waals surface area contributed by atoms with Crippen LogP contribution in [-0.4, -0.2) is 19.5 Å². The lowest BCUT2D eigenvalue weighted by Crippen LogP contribution is -2.04. The molecule has 1 aromatic rings. The zero-order chi connectivity index (χ0) is 12.7. The highest BCUT2D eigenvalue weighted by molar-refractivity contribution is 6.35. The maximum absolute atomic E-state index is 6.27. The summed E-state index contributed by atoms with van der Waals surface area (Å²) in [6.45, 7) is 0. The first kappa shape index (κ1) is 11.7. The van der Waals surface area contributed by atoms with Crippen LogP contribution in [-0.2, 0) is 0 Å². The summed E-state index contributed by atoms with van der Waals surface area (Å²) in [6.07, 6.45) is 0. The SMILES string of the molecule is Clc1nc2nc(Cl)n(-c3ccccc3)c(Cl)c-2n1. The third kappa shape index (κ3) is 1.82. The standard InChI is InChI=1S/C11H5Cl3N4/c12-8-7-9(16-10(13)15-7)17-11(14)18(8)6-4-2-1-3-5-6/h1-5H. The maximum Gasteiger partial charge on any atom is 0.225 e. The zero-order valence-electron chi connectivity index (χ0n) is 8.81. The Morgan fingerprint density at radius 3 is 2.33 bits per heavy atom. The van der Waals surface area contributed by atoms with E-state index in [4.69, 9.17) is 34.8 Å². The molecule has 0 saturated carbocycles. The Morgan fingerprint density at radius 1 is 0.889 bits per heavy atom. The summed E-state index contributed by atoms with van der Waals surface area (Å²) in [4.78, 5) is 12.1. The van der Waals surface area contributed by atoms with Crippen molar-refractivity contribution in [1.82, 2.24) is 19.5 Å². The van der Waals surface area contributed by atoms with Crippen molar-refractivity contribution in [2.75, 3.05) is 0 Å². The molecule has 0 spiro atoms. The van der Waals surface area contributed by atoms with Gasteiger partial charge in [0.15, 0.2) is 5.82 Å². The first-order valence-corrected chi connectivity index (χ1v) is 6.12. The van der Waals surface area contributed by atoms with Gasteiger partial charge in [0.25, 0.3) is 0 Å². The Morgan fingerprint density at radius 2 is 1.61 bits per heavy atom. The van der Waals surface area contributed by atoms with Gasteiger partial charge in [0, 0.05) is 5.69 Å². The minimum atomic E-state index is 0.0984. The fourth-order valence-electron chi connectivity index (χ4n) is 1.65. The minimum Gasteiger partial charge on any atom is -0.273 e. The van der Waals surface area contributed by atoms with E-state index in [0.29, 0.717) is 16.7 Å². The molecule has 4 nitrogen and oxygen atoms in total. The van der Waals surface area contributed by atoms with E-state index in [9.17, 15) is 0 Å². The van der Waals surface area contributed by atoms with Crippen molar-refractivity contribution in [2.45, 2.75) is 0 Å². The quantitative estimate of drug-likeness (QED) is 0.391. The van der Waals surface area contributed by atoms with Crippen LogP contribution in [0.3, 0.4) is 0 Å². The first-order chi connectivity index (χ1) is 8.66. The Bertz CT molecular complexity index is 681. The highest BCUT2D eigenvalue weighted by Gasteiger charge is 2.21. The molecule has 0 fully saturated rings. The summed E-state index contributed by atoms with van der Waals surface area (Å²) in [5.74, 6) is 0.335. The number of halogens is 3. The number of hydrogen-bond donors (Lipinski definition) is 0. The summed E-state index contributed by atoms with van der Waals surface area (Å²) in [5.41, 5.74) is 1.22. The zero-order valence-corrected chi connectivity index (χ0v) is 11.1. The van der Waals surface area contributed by atoms with E-state index < -0.39 is 0 Å². The Kier molecular flexibility index (Phi) is 2.86. The van der Waals surface area contributed by atoms with E-state index in [1.54, 1.807) is 4.57 Å². The summed E-state index contributed by atoms with van der Waals surface area (Å²) in [7, 11) is 0. The molecule has 2 heterocycles. The van der Waals surface area contributed by atoms with E-state index in [1.807, 2.05) is 30.3 Å². The first-order valence-electron chi connectivity index (χ1n) is 4.99. The molecule has 18 heavy (non-hydrogen) atoms. The van der Waals surface area contributed by atoms with Crippen molar-refractivity contribution in [1.29, 1.82) is 0 Å². The number of imidazole rings is 1. The fraction of sp³-hybridized carbons (Fsp3) is 0. The van der Waals surface area contributed by atoms with Gasteiger partial charge < -0.3 is 0 Å². The highest BCUT2D eigenvalue weighted by atomic mass is 35.5. The molecule has 0 radical (unpaired) electrons. The van der Waals surface area contributed by atoms with Crippen molar-refractivity contribution in [3.05, 3.63) is 46.1 Å². The lowest BCUT2D eigenvalue weighted by atomic mass is 10.3. The molecule has 7 heteroatoms. The third-order valence-electron chi connectivity index (χ3n) is 2.40. The van der Waals surface area contributed by atoms with Gasteiger partial charge in [-0.2, -0.15) is 9.97 Å². The average Bonchev–Trinajstić information content (AvgIpc) is 2.71. The van der Waals surface area contributed by atoms with E-state index in [1.165, 1.54) is 0 Å². The van der Waals surface area contributed by atoms with Crippen LogP contribution in [0, 0.1) is 0 Å². The van der Waals surface area contributed by atoms with Crippen LogP contribution in [0.25, 0.3) is 17.2 Å². The van der Waals surface area contributed by atoms with Gasteiger partial charge in [0.2, 0.25) is 10.6 Å². The second-order valence-electron chi connectivity index (χ2n) is 3.51. The molecular formula is C11H5Cl3N4. The number of nitrogens with zero attached hydrogens (tertiary/aromatic N) is 4. The lowest BCUT2D eigenvalue weighted by Gasteiger charge is -2.12. The van der Waals surface area contributed by atoms with Gasteiger partial charge in [-0.15, -0.1) is 0 Å². The molecular weight excluding hydrogens is 295 g/mol. The van der Waals surface area contributed by atoms with E-state index >= 15 is 0 Å². The number of rotatable bonds is 1. The molecule has 0 atom stereocenters. The molecule has 2 aliphatic rings. The molecule has 2 aliphatic heterocycles. The van der Waals surface area contributed by atoms with Crippen molar-refractivity contribution in [2.24, 2.45) is 0 Å². The maximum atomic E-state index is 6.27. The van der Waals surface area contributed by atoms with Crippen LogP contribution in [0.5, 0.6) is 0 Å². The predicted molar refractivity (Wildman–Crippen MR) is 70.8 cm³/mol. The smallest absolute Gasteiger partial charge is 0.225 e. The summed E-state index contributed by atoms with van der Waals surface area (Å²) >= 11 is 18.1. The van der Waals surface area contributed by atoms with Gasteiger partial charge in [-0.05, 0) is 35.3 Å². The third-order valence-corrected chi connectivity index (χ3v) is 3.17. The van der Waals surface area contributed by atoms with Gasteiger partial charge in [-0.25, -0.2) is 4.98 Å². The number of hydrogen-bond acceptors (Lipinski definition) is 3. The molecule has 0 aliphatic carbocycles. The molecule has 0 unspecified atom stereocenters. The number of benzene rings is 1. The van der Waals surface area contributed by atoms with E-state index in [-0.39, 0.29) is 10.6 Å². The number of fused-ring (bicyclic) bond motifs is 1.